The molecule has 5 fully saturated rings. The maximum Gasteiger partial charge on any atom is 0.407 e. The van der Waals surface area contributed by atoms with Gasteiger partial charge in [-0.3, -0.25) is 10.4 Å². The van der Waals surface area contributed by atoms with Crippen molar-refractivity contribution in [1.29, 1.82) is 0 Å². The zero-order valence-corrected chi connectivity index (χ0v) is 19.0. The summed E-state index contributed by atoms with van der Waals surface area (Å²) in [5.41, 5.74) is 1.82. The fraction of sp³-hybridized carbons (Fsp3) is 0.542. The molecule has 3 atom stereocenters. The van der Waals surface area contributed by atoms with E-state index >= 15 is 0 Å². The molecule has 0 radical (unpaired) electrons. The van der Waals surface area contributed by atoms with E-state index in [-0.39, 0.29) is 35.9 Å². The molecule has 2 saturated heterocycles. The van der Waals surface area contributed by atoms with Crippen molar-refractivity contribution < 1.29 is 19.1 Å². The molecule has 3 heterocycles. The Hall–Kier alpha value is -3.27. The minimum atomic E-state index is -0.351. The fourth-order valence-corrected chi connectivity index (χ4v) is 5.51. The number of hydrogen-bond acceptors (Lipinski definition) is 6. The highest BCUT2D eigenvalue weighted by atomic mass is 16.6. The SMILES string of the molecule is O=C(NC12CC(C1)C2)O[C@@H]1CO[C@H](c2cc(NC(=O)N3CC[C@H](Nc4ccccc4)C3)n[nH]2)C1. The maximum absolute atomic E-state index is 12.7. The van der Waals surface area contributed by atoms with Gasteiger partial charge in [-0.2, -0.15) is 5.10 Å². The second kappa shape index (κ2) is 8.50. The number of aromatic amines is 1. The van der Waals surface area contributed by atoms with Gasteiger partial charge in [0.25, 0.3) is 0 Å². The average Bonchev–Trinajstić information content (AvgIpc) is 3.52. The topological polar surface area (TPSA) is 121 Å². The van der Waals surface area contributed by atoms with E-state index in [4.69, 9.17) is 9.47 Å². The molecule has 10 nitrogen and oxygen atoms in total. The molecule has 7 rings (SSSR count). The predicted molar refractivity (Wildman–Crippen MR) is 124 cm³/mol. The summed E-state index contributed by atoms with van der Waals surface area (Å²) in [6.07, 6.45) is 3.78. The Kier molecular flexibility index (Phi) is 5.32. The number of anilines is 2. The van der Waals surface area contributed by atoms with Crippen LogP contribution in [0.4, 0.5) is 21.1 Å². The first-order valence-electron chi connectivity index (χ1n) is 12.1. The van der Waals surface area contributed by atoms with Crippen LogP contribution in [0, 0.1) is 5.92 Å². The van der Waals surface area contributed by atoms with Crippen molar-refractivity contribution in [1.82, 2.24) is 20.4 Å². The standard InChI is InChI=1S/C24H30N6O4/c31-22(30-7-6-17(13-30)25-16-4-2-1-3-5-16)26-21-9-19(28-29-21)20-8-18(14-33-20)34-23(32)27-24-10-15(11-24)12-24/h1-5,9,15,17-18,20,25H,6-8,10-14H2,(H,27,32)(H2,26,28,29,31)/t15?,17-,18-,20-,24?/m0/s1. The van der Waals surface area contributed by atoms with Crippen molar-refractivity contribution in [3.05, 3.63) is 42.1 Å². The van der Waals surface area contributed by atoms with Gasteiger partial charge in [-0.05, 0) is 43.7 Å². The summed E-state index contributed by atoms with van der Waals surface area (Å²) in [6, 6.07) is 11.8. The highest BCUT2D eigenvalue weighted by molar-refractivity contribution is 5.88. The molecule has 3 amide bonds. The molecular weight excluding hydrogens is 436 g/mol. The zero-order chi connectivity index (χ0) is 23.1. The quantitative estimate of drug-likeness (QED) is 0.519. The number of ether oxygens (including phenoxy) is 2. The van der Waals surface area contributed by atoms with Crippen molar-refractivity contribution in [2.24, 2.45) is 5.92 Å². The van der Waals surface area contributed by atoms with Crippen molar-refractivity contribution in [3.63, 3.8) is 0 Å². The average molecular weight is 467 g/mol. The molecule has 2 aromatic rings. The van der Waals surface area contributed by atoms with Crippen LogP contribution in [0.25, 0.3) is 0 Å². The van der Waals surface area contributed by atoms with Crippen LogP contribution in [0.1, 0.15) is 43.9 Å². The molecule has 3 saturated carbocycles. The number of urea groups is 1. The van der Waals surface area contributed by atoms with E-state index in [2.05, 4.69) is 26.1 Å². The Labute approximate surface area is 197 Å². The van der Waals surface area contributed by atoms with Crippen LogP contribution >= 0.6 is 0 Å². The highest BCUT2D eigenvalue weighted by Gasteiger charge is 2.57. The number of carbonyl (C=O) groups is 2. The van der Waals surface area contributed by atoms with E-state index in [0.717, 1.165) is 43.0 Å². The highest BCUT2D eigenvalue weighted by Crippen LogP contribution is 2.56. The third-order valence-corrected chi connectivity index (χ3v) is 7.44. The third-order valence-electron chi connectivity index (χ3n) is 7.44. The summed E-state index contributed by atoms with van der Waals surface area (Å²) in [7, 11) is 0. The maximum atomic E-state index is 12.7. The van der Waals surface area contributed by atoms with Gasteiger partial charge in [0.1, 0.15) is 12.2 Å². The Balaban J connectivity index is 0.960. The molecule has 2 aliphatic heterocycles. The fourth-order valence-electron chi connectivity index (χ4n) is 5.51. The lowest BCUT2D eigenvalue weighted by Gasteiger charge is -2.61. The summed E-state index contributed by atoms with van der Waals surface area (Å²) in [5, 5.41) is 16.5. The summed E-state index contributed by atoms with van der Waals surface area (Å²) in [4.78, 5) is 26.7. The van der Waals surface area contributed by atoms with E-state index in [1.54, 1.807) is 11.0 Å². The van der Waals surface area contributed by atoms with Gasteiger partial charge < -0.3 is 25.0 Å². The second-order valence-corrected chi connectivity index (χ2v) is 10.0. The molecule has 1 aromatic heterocycles. The number of H-pyrrole nitrogens is 1. The molecular formula is C24H30N6O4. The number of rotatable bonds is 6. The monoisotopic (exact) mass is 466 g/mol. The largest absolute Gasteiger partial charge is 0.444 e. The second-order valence-electron chi connectivity index (χ2n) is 10.0. The zero-order valence-electron chi connectivity index (χ0n) is 19.0. The molecule has 3 aliphatic carbocycles. The molecule has 10 heteroatoms. The number of carbonyl (C=O) groups excluding carboxylic acids is 2. The molecule has 5 aliphatic rings. The third kappa shape index (κ3) is 4.29. The first kappa shape index (κ1) is 21.3. The van der Waals surface area contributed by atoms with Crippen LogP contribution in [0.5, 0.6) is 0 Å². The number of alkyl carbamates (subject to hydrolysis) is 1. The van der Waals surface area contributed by atoms with Gasteiger partial charge in [-0.1, -0.05) is 18.2 Å². The van der Waals surface area contributed by atoms with Gasteiger partial charge >= 0.3 is 12.1 Å². The molecule has 4 N–H and O–H groups in total. The lowest BCUT2D eigenvalue weighted by atomic mass is 9.50. The van der Waals surface area contributed by atoms with Crippen LogP contribution in [-0.4, -0.2) is 64.6 Å². The summed E-state index contributed by atoms with van der Waals surface area (Å²) in [5.74, 6) is 1.25. The van der Waals surface area contributed by atoms with Crippen molar-refractivity contribution in [2.45, 2.75) is 55.9 Å². The molecule has 2 bridgehead atoms. The minimum absolute atomic E-state index is 0.00403. The number of nitrogens with one attached hydrogen (secondary N) is 4. The Morgan fingerprint density at radius 1 is 1.21 bits per heavy atom. The molecule has 1 aromatic carbocycles. The normalized spacial score (nSPS) is 31.4. The van der Waals surface area contributed by atoms with E-state index in [1.807, 2.05) is 30.3 Å². The van der Waals surface area contributed by atoms with Crippen LogP contribution in [0.3, 0.4) is 0 Å². The lowest BCUT2D eigenvalue weighted by molar-refractivity contribution is -0.0510. The van der Waals surface area contributed by atoms with Crippen LogP contribution < -0.4 is 16.0 Å². The minimum Gasteiger partial charge on any atom is -0.444 e. The van der Waals surface area contributed by atoms with E-state index in [1.165, 1.54) is 0 Å². The number of amides is 3. The van der Waals surface area contributed by atoms with Gasteiger partial charge in [0.15, 0.2) is 5.82 Å². The smallest absolute Gasteiger partial charge is 0.407 e. The number of nitrogens with zero attached hydrogens (tertiary/aromatic N) is 2. The molecule has 34 heavy (non-hydrogen) atoms. The van der Waals surface area contributed by atoms with Gasteiger partial charge in [-0.15, -0.1) is 0 Å². The number of benzene rings is 1. The Bertz CT molecular complexity index is 1040. The van der Waals surface area contributed by atoms with Crippen molar-refractivity contribution >= 4 is 23.6 Å². The summed E-state index contributed by atoms with van der Waals surface area (Å²) >= 11 is 0. The lowest BCUT2D eigenvalue weighted by Crippen LogP contribution is -2.68. The van der Waals surface area contributed by atoms with Crippen LogP contribution in [0.15, 0.2) is 36.4 Å². The summed E-state index contributed by atoms with van der Waals surface area (Å²) in [6.45, 7) is 1.66. The molecule has 0 unspecified atom stereocenters. The van der Waals surface area contributed by atoms with E-state index in [0.29, 0.717) is 31.9 Å². The number of para-hydroxylation sites is 1. The molecule has 0 spiro atoms. The Morgan fingerprint density at radius 2 is 2.03 bits per heavy atom. The number of hydrogen-bond donors (Lipinski definition) is 4. The summed E-state index contributed by atoms with van der Waals surface area (Å²) < 4.78 is 11.4. The number of aromatic nitrogens is 2. The van der Waals surface area contributed by atoms with Gasteiger partial charge in [0.2, 0.25) is 0 Å². The number of likely N-dealkylation sites (tertiary alicyclic amines) is 1. The van der Waals surface area contributed by atoms with Crippen LogP contribution in [0.2, 0.25) is 0 Å². The first-order chi connectivity index (χ1) is 16.5. The van der Waals surface area contributed by atoms with Gasteiger partial charge in [-0.25, -0.2) is 9.59 Å². The Morgan fingerprint density at radius 3 is 2.79 bits per heavy atom. The first-order valence-corrected chi connectivity index (χ1v) is 12.1. The molecule has 180 valence electrons. The van der Waals surface area contributed by atoms with Crippen molar-refractivity contribution in [3.8, 4) is 0 Å². The van der Waals surface area contributed by atoms with E-state index < -0.39 is 0 Å². The van der Waals surface area contributed by atoms with Gasteiger partial charge in [0, 0.05) is 42.8 Å². The van der Waals surface area contributed by atoms with Crippen molar-refractivity contribution in [2.75, 3.05) is 30.3 Å². The van der Waals surface area contributed by atoms with E-state index in [9.17, 15) is 9.59 Å². The predicted octanol–water partition coefficient (Wildman–Crippen LogP) is 3.24. The van der Waals surface area contributed by atoms with Crippen LogP contribution in [-0.2, 0) is 9.47 Å². The van der Waals surface area contributed by atoms with Gasteiger partial charge in [0.05, 0.1) is 12.3 Å².